The Morgan fingerprint density at radius 3 is 2.54 bits per heavy atom. The van der Waals surface area contributed by atoms with Gasteiger partial charge in [-0.2, -0.15) is 4.72 Å². The molecule has 0 aromatic heterocycles. The van der Waals surface area contributed by atoms with Gasteiger partial charge in [-0.3, -0.25) is 0 Å². The fraction of sp³-hybridized carbons (Fsp3) is 0.125. The average molecular weight is 220 g/mol. The molecule has 63 valence electrons. The molecule has 3 nitrogen and oxygen atoms in total. The molecule has 1 rings (SSSR count). The Labute approximate surface area is 126 Å². The van der Waals surface area contributed by atoms with Gasteiger partial charge in [-0.15, -0.1) is 0 Å². The van der Waals surface area contributed by atoms with E-state index < -0.39 is 6.03 Å². The molecule has 0 unspecified atom stereocenters. The SMILES string of the molecule is O=C([N]S)NCc1ccccc1.[K+]. The summed E-state index contributed by atoms with van der Waals surface area (Å²) < 4.78 is 3.15. The molecule has 1 N–H and O–H groups in total. The number of nitrogens with zero attached hydrogens (tertiary/aromatic N) is 1. The van der Waals surface area contributed by atoms with Crippen molar-refractivity contribution in [1.82, 2.24) is 10.0 Å². The van der Waals surface area contributed by atoms with Gasteiger partial charge in [-0.05, 0) is 18.4 Å². The van der Waals surface area contributed by atoms with Gasteiger partial charge in [-0.25, -0.2) is 4.79 Å². The Kier molecular flexibility index (Phi) is 8.13. The fourth-order valence-electron chi connectivity index (χ4n) is 0.809. The number of thiol groups is 1. The second-order valence-electron chi connectivity index (χ2n) is 2.24. The van der Waals surface area contributed by atoms with Crippen LogP contribution >= 0.6 is 12.8 Å². The van der Waals surface area contributed by atoms with Gasteiger partial charge in [-0.1, -0.05) is 30.3 Å². The second kappa shape index (κ2) is 7.84. The maximum absolute atomic E-state index is 10.6. The number of carbonyl (C=O) groups excluding carboxylic acids is 1. The van der Waals surface area contributed by atoms with Crippen LogP contribution in [-0.2, 0) is 6.54 Å². The van der Waals surface area contributed by atoms with Crippen LogP contribution in [0.15, 0.2) is 30.3 Å². The summed E-state index contributed by atoms with van der Waals surface area (Å²) in [6.07, 6.45) is 0. The standard InChI is InChI=1S/C8H9N2OS.K/c11-8(10-12)9-6-7-4-2-1-3-5-7;/h1-5,12H,6H2,(H,9,11);/q;+1. The van der Waals surface area contributed by atoms with E-state index in [1.165, 1.54) is 0 Å². The van der Waals surface area contributed by atoms with E-state index in [1.807, 2.05) is 30.3 Å². The molecule has 0 saturated carbocycles. The minimum Gasteiger partial charge on any atom is -0.332 e. The Hall–Kier alpha value is 0.476. The Morgan fingerprint density at radius 1 is 1.38 bits per heavy atom. The van der Waals surface area contributed by atoms with Gasteiger partial charge in [0.1, 0.15) is 0 Å². The Bertz CT molecular complexity index is 256. The summed E-state index contributed by atoms with van der Waals surface area (Å²) in [6.45, 7) is 0.490. The van der Waals surface area contributed by atoms with E-state index in [9.17, 15) is 4.79 Å². The van der Waals surface area contributed by atoms with Crippen LogP contribution in [0.1, 0.15) is 5.56 Å². The van der Waals surface area contributed by atoms with Crippen LogP contribution in [0.4, 0.5) is 4.79 Å². The topological polar surface area (TPSA) is 43.2 Å². The predicted molar refractivity (Wildman–Crippen MR) is 49.8 cm³/mol. The largest absolute Gasteiger partial charge is 1.00 e. The van der Waals surface area contributed by atoms with E-state index >= 15 is 0 Å². The van der Waals surface area contributed by atoms with Gasteiger partial charge >= 0.3 is 57.4 Å². The summed E-state index contributed by atoms with van der Waals surface area (Å²) in [5.41, 5.74) is 1.04. The molecule has 5 heteroatoms. The molecule has 0 saturated heterocycles. The molecular weight excluding hydrogens is 211 g/mol. The van der Waals surface area contributed by atoms with Crippen LogP contribution in [-0.4, -0.2) is 6.03 Å². The summed E-state index contributed by atoms with van der Waals surface area (Å²) in [5.74, 6) is 0. The average Bonchev–Trinajstić information content (AvgIpc) is 2.16. The molecule has 0 aliphatic heterocycles. The molecule has 1 radical (unpaired) electrons. The van der Waals surface area contributed by atoms with Crippen LogP contribution in [0.5, 0.6) is 0 Å². The normalized spacial score (nSPS) is 8.38. The van der Waals surface area contributed by atoms with Gasteiger partial charge in [0.2, 0.25) is 0 Å². The molecule has 0 spiro atoms. The zero-order valence-corrected chi connectivity index (χ0v) is 11.4. The van der Waals surface area contributed by atoms with E-state index in [0.717, 1.165) is 5.56 Å². The predicted octanol–water partition coefficient (Wildman–Crippen LogP) is -1.65. The summed E-state index contributed by atoms with van der Waals surface area (Å²) in [4.78, 5) is 10.6. The number of nitrogens with one attached hydrogen (secondary N) is 1. The minimum atomic E-state index is -0.415. The van der Waals surface area contributed by atoms with Crippen molar-refractivity contribution in [2.45, 2.75) is 6.54 Å². The second-order valence-corrected chi connectivity index (χ2v) is 2.44. The molecular formula is C8H9KN2OS+. The van der Waals surface area contributed by atoms with Crippen molar-refractivity contribution in [1.29, 1.82) is 0 Å². The van der Waals surface area contributed by atoms with Gasteiger partial charge in [0.25, 0.3) is 0 Å². The molecule has 0 aliphatic rings. The summed E-state index contributed by atoms with van der Waals surface area (Å²) >= 11 is 3.47. The summed E-state index contributed by atoms with van der Waals surface area (Å²) in [6, 6.07) is 9.20. The molecule has 0 fully saturated rings. The van der Waals surface area contributed by atoms with E-state index in [0.29, 0.717) is 6.54 Å². The maximum atomic E-state index is 10.6. The molecule has 1 aromatic rings. The Morgan fingerprint density at radius 2 is 2.00 bits per heavy atom. The number of benzene rings is 1. The van der Waals surface area contributed by atoms with Crippen LogP contribution in [0.3, 0.4) is 0 Å². The molecule has 0 atom stereocenters. The third kappa shape index (κ3) is 5.72. The summed E-state index contributed by atoms with van der Waals surface area (Å²) in [7, 11) is 0. The zero-order chi connectivity index (χ0) is 8.81. The number of carbonyl (C=O) groups is 1. The molecule has 0 aliphatic carbocycles. The molecule has 1 aromatic carbocycles. The molecule has 0 heterocycles. The van der Waals surface area contributed by atoms with Crippen LogP contribution in [0.2, 0.25) is 0 Å². The van der Waals surface area contributed by atoms with E-state index in [1.54, 1.807) is 0 Å². The molecule has 13 heavy (non-hydrogen) atoms. The number of hydrogen-bond acceptors (Lipinski definition) is 2. The summed E-state index contributed by atoms with van der Waals surface area (Å²) in [5, 5.41) is 2.57. The van der Waals surface area contributed by atoms with Gasteiger partial charge in [0.15, 0.2) is 0 Å². The van der Waals surface area contributed by atoms with Gasteiger partial charge in [0, 0.05) is 6.54 Å². The van der Waals surface area contributed by atoms with Crippen molar-refractivity contribution in [2.75, 3.05) is 0 Å². The number of rotatable bonds is 2. The van der Waals surface area contributed by atoms with Crippen molar-refractivity contribution in [3.63, 3.8) is 0 Å². The van der Waals surface area contributed by atoms with Crippen LogP contribution in [0.25, 0.3) is 0 Å². The zero-order valence-electron chi connectivity index (χ0n) is 7.40. The van der Waals surface area contributed by atoms with Crippen molar-refractivity contribution < 1.29 is 56.2 Å². The van der Waals surface area contributed by atoms with Crippen LogP contribution < -0.4 is 61.4 Å². The van der Waals surface area contributed by atoms with E-state index in [2.05, 4.69) is 22.9 Å². The number of urea groups is 1. The first kappa shape index (κ1) is 13.5. The van der Waals surface area contributed by atoms with E-state index in [4.69, 9.17) is 0 Å². The first-order chi connectivity index (χ1) is 5.83. The van der Waals surface area contributed by atoms with Gasteiger partial charge in [0.05, 0.1) is 0 Å². The van der Waals surface area contributed by atoms with Crippen molar-refractivity contribution in [2.24, 2.45) is 0 Å². The number of amides is 2. The van der Waals surface area contributed by atoms with E-state index in [-0.39, 0.29) is 51.4 Å². The fourth-order valence-corrected chi connectivity index (χ4v) is 0.880. The third-order valence-electron chi connectivity index (χ3n) is 1.38. The third-order valence-corrected chi connectivity index (χ3v) is 1.56. The maximum Gasteiger partial charge on any atom is 1.00 e. The monoisotopic (exact) mass is 220 g/mol. The molecule has 2 amide bonds. The smallest absolute Gasteiger partial charge is 0.332 e. The Balaban J connectivity index is 0.00000144. The van der Waals surface area contributed by atoms with Gasteiger partial charge < -0.3 is 5.32 Å². The molecule has 0 bridgehead atoms. The minimum absolute atomic E-state index is 0. The number of hydrogen-bond donors (Lipinski definition) is 2. The van der Waals surface area contributed by atoms with Crippen LogP contribution in [0, 0.1) is 0 Å². The first-order valence-corrected chi connectivity index (χ1v) is 3.90. The van der Waals surface area contributed by atoms with Crippen molar-refractivity contribution >= 4 is 18.8 Å². The van der Waals surface area contributed by atoms with Crippen molar-refractivity contribution in [3.8, 4) is 0 Å². The quantitative estimate of drug-likeness (QED) is 0.455. The van der Waals surface area contributed by atoms with Crippen molar-refractivity contribution in [3.05, 3.63) is 35.9 Å². The first-order valence-electron chi connectivity index (χ1n) is 3.50.